The summed E-state index contributed by atoms with van der Waals surface area (Å²) >= 11 is 8.85. The van der Waals surface area contributed by atoms with Crippen molar-refractivity contribution >= 4 is 33.3 Å². The van der Waals surface area contributed by atoms with Crippen molar-refractivity contribution in [3.63, 3.8) is 0 Å². The standard InChI is InChI=1S/C7H5BrClN3/c8-3-1-2-5-7(9)12-6(10)4-11-5/h4H,3H2,(H2,10,12). The summed E-state index contributed by atoms with van der Waals surface area (Å²) in [7, 11) is 0. The van der Waals surface area contributed by atoms with Crippen LogP contribution in [0.3, 0.4) is 0 Å². The molecule has 1 aromatic rings. The van der Waals surface area contributed by atoms with Crippen molar-refractivity contribution in [2.24, 2.45) is 0 Å². The van der Waals surface area contributed by atoms with Crippen LogP contribution in [-0.2, 0) is 0 Å². The second kappa shape index (κ2) is 4.29. The van der Waals surface area contributed by atoms with E-state index in [0.717, 1.165) is 0 Å². The molecular formula is C7H5BrClN3. The number of aromatic nitrogens is 2. The largest absolute Gasteiger partial charge is 0.382 e. The Morgan fingerprint density at radius 2 is 2.42 bits per heavy atom. The van der Waals surface area contributed by atoms with Gasteiger partial charge in [0.2, 0.25) is 0 Å². The highest BCUT2D eigenvalue weighted by Gasteiger charge is 1.99. The minimum atomic E-state index is 0.239. The van der Waals surface area contributed by atoms with Crippen molar-refractivity contribution < 1.29 is 0 Å². The van der Waals surface area contributed by atoms with Crippen LogP contribution in [0.4, 0.5) is 5.82 Å². The summed E-state index contributed by atoms with van der Waals surface area (Å²) in [4.78, 5) is 7.69. The van der Waals surface area contributed by atoms with Gasteiger partial charge in [-0.25, -0.2) is 9.97 Å². The smallest absolute Gasteiger partial charge is 0.165 e. The van der Waals surface area contributed by atoms with Gasteiger partial charge in [0.25, 0.3) is 0 Å². The Balaban J connectivity index is 3.01. The minimum absolute atomic E-state index is 0.239. The van der Waals surface area contributed by atoms with Crippen LogP contribution in [0.1, 0.15) is 5.69 Å². The maximum atomic E-state index is 5.69. The van der Waals surface area contributed by atoms with Crippen LogP contribution in [0, 0.1) is 11.8 Å². The summed E-state index contributed by atoms with van der Waals surface area (Å²) in [5.74, 6) is 5.79. The van der Waals surface area contributed by atoms with E-state index in [1.54, 1.807) is 0 Å². The highest BCUT2D eigenvalue weighted by Crippen LogP contribution is 2.09. The number of anilines is 1. The van der Waals surface area contributed by atoms with E-state index in [1.165, 1.54) is 6.20 Å². The second-order valence-corrected chi connectivity index (χ2v) is 2.79. The molecule has 0 fully saturated rings. The van der Waals surface area contributed by atoms with Gasteiger partial charge in [-0.05, 0) is 5.92 Å². The molecule has 12 heavy (non-hydrogen) atoms. The lowest BCUT2D eigenvalue weighted by molar-refractivity contribution is 1.18. The van der Waals surface area contributed by atoms with E-state index in [9.17, 15) is 0 Å². The Morgan fingerprint density at radius 1 is 1.67 bits per heavy atom. The van der Waals surface area contributed by atoms with E-state index in [-0.39, 0.29) is 5.15 Å². The van der Waals surface area contributed by atoms with E-state index >= 15 is 0 Å². The Morgan fingerprint density at radius 3 is 3.00 bits per heavy atom. The fraction of sp³-hybridized carbons (Fsp3) is 0.143. The molecule has 0 unspecified atom stereocenters. The molecule has 0 saturated carbocycles. The summed E-state index contributed by atoms with van der Waals surface area (Å²) in [6, 6.07) is 0. The highest BCUT2D eigenvalue weighted by molar-refractivity contribution is 9.09. The molecule has 2 N–H and O–H groups in total. The summed E-state index contributed by atoms with van der Waals surface area (Å²) < 4.78 is 0. The van der Waals surface area contributed by atoms with Crippen LogP contribution in [0.15, 0.2) is 6.20 Å². The van der Waals surface area contributed by atoms with E-state index in [4.69, 9.17) is 17.3 Å². The van der Waals surface area contributed by atoms with Crippen molar-refractivity contribution in [2.75, 3.05) is 11.1 Å². The van der Waals surface area contributed by atoms with Gasteiger partial charge in [-0.15, -0.1) is 0 Å². The summed E-state index contributed by atoms with van der Waals surface area (Å²) in [5, 5.41) is 0.818. The molecular weight excluding hydrogens is 241 g/mol. The third-order valence-corrected chi connectivity index (χ3v) is 1.57. The summed E-state index contributed by atoms with van der Waals surface area (Å²) in [6.07, 6.45) is 1.42. The zero-order valence-electron chi connectivity index (χ0n) is 6.01. The van der Waals surface area contributed by atoms with Crippen LogP contribution in [0.25, 0.3) is 0 Å². The number of halogens is 2. The number of hydrogen-bond donors (Lipinski definition) is 1. The predicted octanol–water partition coefficient (Wildman–Crippen LogP) is 1.46. The number of rotatable bonds is 0. The lowest BCUT2D eigenvalue weighted by Gasteiger charge is -1.94. The molecule has 1 rings (SSSR count). The Kier molecular flexibility index (Phi) is 3.32. The molecule has 0 spiro atoms. The van der Waals surface area contributed by atoms with Gasteiger partial charge < -0.3 is 5.73 Å². The average molecular weight is 246 g/mol. The van der Waals surface area contributed by atoms with E-state index in [0.29, 0.717) is 16.8 Å². The molecule has 1 heterocycles. The molecule has 5 heteroatoms. The SMILES string of the molecule is Nc1cnc(C#CCBr)c(Cl)n1. The van der Waals surface area contributed by atoms with Crippen molar-refractivity contribution in [1.82, 2.24) is 9.97 Å². The first-order valence-corrected chi connectivity index (χ1v) is 4.57. The van der Waals surface area contributed by atoms with Crippen molar-refractivity contribution in [2.45, 2.75) is 0 Å². The number of hydrogen-bond acceptors (Lipinski definition) is 3. The molecule has 1 aromatic heterocycles. The van der Waals surface area contributed by atoms with Gasteiger partial charge in [-0.3, -0.25) is 0 Å². The molecule has 0 amide bonds. The van der Waals surface area contributed by atoms with Crippen molar-refractivity contribution in [3.8, 4) is 11.8 Å². The molecule has 0 bridgehead atoms. The van der Waals surface area contributed by atoms with Gasteiger partial charge in [0.05, 0.1) is 11.5 Å². The molecule has 62 valence electrons. The maximum absolute atomic E-state index is 5.69. The second-order valence-electron chi connectivity index (χ2n) is 1.87. The van der Waals surface area contributed by atoms with Gasteiger partial charge in [-0.1, -0.05) is 33.5 Å². The van der Waals surface area contributed by atoms with E-state index < -0.39 is 0 Å². The average Bonchev–Trinajstić information content (AvgIpc) is 2.03. The first-order chi connectivity index (χ1) is 5.74. The molecule has 0 atom stereocenters. The topological polar surface area (TPSA) is 51.8 Å². The fourth-order valence-electron chi connectivity index (χ4n) is 0.580. The number of nitrogens with zero attached hydrogens (tertiary/aromatic N) is 2. The maximum Gasteiger partial charge on any atom is 0.165 e. The number of nitrogen functional groups attached to an aromatic ring is 1. The Hall–Kier alpha value is -0.790. The van der Waals surface area contributed by atoms with Crippen molar-refractivity contribution in [3.05, 3.63) is 17.0 Å². The van der Waals surface area contributed by atoms with Crippen LogP contribution < -0.4 is 5.73 Å². The molecule has 0 radical (unpaired) electrons. The first kappa shape index (κ1) is 9.30. The van der Waals surface area contributed by atoms with Crippen LogP contribution in [0.5, 0.6) is 0 Å². The summed E-state index contributed by atoms with van der Waals surface area (Å²) in [5.41, 5.74) is 5.79. The third kappa shape index (κ3) is 2.36. The molecule has 3 nitrogen and oxygen atoms in total. The number of nitrogens with two attached hydrogens (primary N) is 1. The van der Waals surface area contributed by atoms with E-state index in [1.807, 2.05) is 0 Å². The van der Waals surface area contributed by atoms with Crippen LogP contribution >= 0.6 is 27.5 Å². The van der Waals surface area contributed by atoms with Crippen LogP contribution in [-0.4, -0.2) is 15.3 Å². The van der Waals surface area contributed by atoms with Gasteiger partial charge in [0, 0.05) is 0 Å². The van der Waals surface area contributed by atoms with Crippen molar-refractivity contribution in [1.29, 1.82) is 0 Å². The molecule has 0 aliphatic heterocycles. The first-order valence-electron chi connectivity index (χ1n) is 3.07. The molecule has 0 aromatic carbocycles. The highest BCUT2D eigenvalue weighted by atomic mass is 79.9. The molecule has 0 aliphatic rings. The minimum Gasteiger partial charge on any atom is -0.382 e. The quantitative estimate of drug-likeness (QED) is 0.557. The lowest BCUT2D eigenvalue weighted by atomic mass is 10.4. The number of alkyl halides is 1. The lowest BCUT2D eigenvalue weighted by Crippen LogP contribution is -1.94. The van der Waals surface area contributed by atoms with Gasteiger partial charge >= 0.3 is 0 Å². The zero-order chi connectivity index (χ0) is 8.97. The summed E-state index contributed by atoms with van der Waals surface area (Å²) in [6.45, 7) is 0. The zero-order valence-corrected chi connectivity index (χ0v) is 8.35. The monoisotopic (exact) mass is 245 g/mol. The van der Waals surface area contributed by atoms with Crippen LogP contribution in [0.2, 0.25) is 5.15 Å². The normalized spacial score (nSPS) is 8.83. The van der Waals surface area contributed by atoms with Gasteiger partial charge in [-0.2, -0.15) is 0 Å². The molecule has 0 aliphatic carbocycles. The molecule has 0 saturated heterocycles. The van der Waals surface area contributed by atoms with Gasteiger partial charge in [0.1, 0.15) is 5.82 Å². The Labute approximate surface area is 83.5 Å². The van der Waals surface area contributed by atoms with Gasteiger partial charge in [0.15, 0.2) is 10.8 Å². The fourth-order valence-corrected chi connectivity index (χ4v) is 0.914. The predicted molar refractivity (Wildman–Crippen MR) is 52.1 cm³/mol. The van der Waals surface area contributed by atoms with E-state index in [2.05, 4.69) is 37.7 Å². The third-order valence-electron chi connectivity index (χ3n) is 1.02. The Bertz CT molecular complexity index is 342.